The van der Waals surface area contributed by atoms with Crippen LogP contribution >= 0.6 is 0 Å². The number of nitrogen functional groups attached to an aromatic ring is 1. The summed E-state index contributed by atoms with van der Waals surface area (Å²) in [5.74, 6) is -3.92. The minimum atomic E-state index is -3.28. The molecule has 0 aliphatic heterocycles. The first-order valence-electron chi connectivity index (χ1n) is 6.70. The Morgan fingerprint density at radius 2 is 2.09 bits per heavy atom. The van der Waals surface area contributed by atoms with Gasteiger partial charge in [0, 0.05) is 19.3 Å². The van der Waals surface area contributed by atoms with E-state index in [9.17, 15) is 13.2 Å². The van der Waals surface area contributed by atoms with Gasteiger partial charge in [0.25, 0.3) is 5.92 Å². The second-order valence-electron chi connectivity index (χ2n) is 5.12. The molecule has 0 saturated carbocycles. The Labute approximate surface area is 129 Å². The molecule has 3 rings (SSSR count). The van der Waals surface area contributed by atoms with Gasteiger partial charge in [-0.3, -0.25) is 0 Å². The van der Waals surface area contributed by atoms with E-state index in [0.29, 0.717) is 30.8 Å². The second kappa shape index (κ2) is 5.41. The molecule has 0 fully saturated rings. The molecule has 0 amide bonds. The topological polar surface area (TPSA) is 74.5 Å². The van der Waals surface area contributed by atoms with Crippen molar-refractivity contribution in [3.8, 4) is 5.69 Å². The predicted molar refractivity (Wildman–Crippen MR) is 76.6 cm³/mol. The molecular formula is C14H13F3N6. The van der Waals surface area contributed by atoms with Crippen LogP contribution in [-0.4, -0.2) is 24.5 Å². The van der Waals surface area contributed by atoms with E-state index in [1.165, 1.54) is 10.7 Å². The Hall–Kier alpha value is -2.84. The number of hydrogen-bond acceptors (Lipinski definition) is 4. The van der Waals surface area contributed by atoms with Crippen LogP contribution in [-0.2, 0) is 12.5 Å². The average molecular weight is 322 g/mol. The van der Waals surface area contributed by atoms with Crippen LogP contribution in [0.2, 0.25) is 0 Å². The van der Waals surface area contributed by atoms with E-state index in [-0.39, 0.29) is 0 Å². The summed E-state index contributed by atoms with van der Waals surface area (Å²) < 4.78 is 43.3. The molecule has 0 saturated heterocycles. The summed E-state index contributed by atoms with van der Waals surface area (Å²) in [5, 5.41) is 7.82. The Kier molecular flexibility index (Phi) is 3.55. The number of rotatable bonds is 4. The molecule has 0 aliphatic carbocycles. The van der Waals surface area contributed by atoms with Crippen molar-refractivity contribution in [2.75, 3.05) is 5.73 Å². The molecule has 0 atom stereocenters. The summed E-state index contributed by atoms with van der Waals surface area (Å²) in [4.78, 5) is 3.89. The van der Waals surface area contributed by atoms with E-state index < -0.39 is 17.3 Å². The SMILES string of the molecule is CC(F)(F)c1cc(-n2cc(Cn3ccnc3N)nn2)ccc1F. The number of nitrogens with two attached hydrogens (primary N) is 1. The van der Waals surface area contributed by atoms with Crippen LogP contribution in [0.5, 0.6) is 0 Å². The Bertz CT molecular complexity index is 833. The molecule has 9 heteroatoms. The van der Waals surface area contributed by atoms with Crippen molar-refractivity contribution in [1.29, 1.82) is 0 Å². The lowest BCUT2D eigenvalue weighted by molar-refractivity contribution is 0.0137. The highest BCUT2D eigenvalue weighted by Gasteiger charge is 2.28. The number of anilines is 1. The van der Waals surface area contributed by atoms with Crippen LogP contribution in [0.3, 0.4) is 0 Å². The fourth-order valence-electron chi connectivity index (χ4n) is 2.14. The van der Waals surface area contributed by atoms with Crippen LogP contribution in [0.1, 0.15) is 18.2 Å². The number of aromatic nitrogens is 5. The molecule has 0 aliphatic rings. The fourth-order valence-corrected chi connectivity index (χ4v) is 2.14. The van der Waals surface area contributed by atoms with Crippen LogP contribution in [0, 0.1) is 5.82 Å². The molecular weight excluding hydrogens is 309 g/mol. The molecule has 23 heavy (non-hydrogen) atoms. The highest BCUT2D eigenvalue weighted by molar-refractivity contribution is 5.37. The lowest BCUT2D eigenvalue weighted by atomic mass is 10.1. The van der Waals surface area contributed by atoms with Gasteiger partial charge in [-0.2, -0.15) is 0 Å². The average Bonchev–Trinajstić information content (AvgIpc) is 3.09. The molecule has 0 radical (unpaired) electrons. The van der Waals surface area contributed by atoms with E-state index >= 15 is 0 Å². The number of imidazole rings is 1. The van der Waals surface area contributed by atoms with Crippen molar-refractivity contribution >= 4 is 5.95 Å². The van der Waals surface area contributed by atoms with Crippen molar-refractivity contribution in [1.82, 2.24) is 24.5 Å². The third-order valence-electron chi connectivity index (χ3n) is 3.31. The lowest BCUT2D eigenvalue weighted by Crippen LogP contribution is -2.11. The summed E-state index contributed by atoms with van der Waals surface area (Å²) >= 11 is 0. The first-order chi connectivity index (χ1) is 10.8. The summed E-state index contributed by atoms with van der Waals surface area (Å²) in [6.45, 7) is 0.980. The maximum atomic E-state index is 13.5. The monoisotopic (exact) mass is 322 g/mol. The van der Waals surface area contributed by atoms with Crippen LogP contribution in [0.15, 0.2) is 36.8 Å². The maximum absolute atomic E-state index is 13.5. The normalized spacial score (nSPS) is 11.8. The fraction of sp³-hybridized carbons (Fsp3) is 0.214. The van der Waals surface area contributed by atoms with Gasteiger partial charge in [0.2, 0.25) is 0 Å². The molecule has 0 unspecified atom stereocenters. The first-order valence-corrected chi connectivity index (χ1v) is 6.70. The number of hydrogen-bond donors (Lipinski definition) is 1. The highest BCUT2D eigenvalue weighted by atomic mass is 19.3. The minimum absolute atomic E-state index is 0.292. The summed E-state index contributed by atoms with van der Waals surface area (Å²) in [6.07, 6.45) is 4.79. The van der Waals surface area contributed by atoms with E-state index in [0.717, 1.165) is 12.1 Å². The zero-order valence-corrected chi connectivity index (χ0v) is 12.1. The van der Waals surface area contributed by atoms with Gasteiger partial charge in [-0.05, 0) is 18.2 Å². The van der Waals surface area contributed by atoms with Gasteiger partial charge in [0.05, 0.1) is 24.0 Å². The molecule has 6 nitrogen and oxygen atoms in total. The van der Waals surface area contributed by atoms with Crippen molar-refractivity contribution in [2.24, 2.45) is 0 Å². The summed E-state index contributed by atoms with van der Waals surface area (Å²) in [5.41, 5.74) is 5.82. The quantitative estimate of drug-likeness (QED) is 0.800. The van der Waals surface area contributed by atoms with Crippen LogP contribution in [0.4, 0.5) is 19.1 Å². The molecule has 1 aromatic carbocycles. The number of halogens is 3. The molecule has 2 N–H and O–H groups in total. The number of alkyl halides is 2. The van der Waals surface area contributed by atoms with E-state index in [1.54, 1.807) is 23.2 Å². The minimum Gasteiger partial charge on any atom is -0.369 e. The van der Waals surface area contributed by atoms with E-state index in [1.807, 2.05) is 0 Å². The van der Waals surface area contributed by atoms with Gasteiger partial charge in [-0.15, -0.1) is 5.10 Å². The standard InChI is InChI=1S/C14H13F3N6/c1-14(16,17)11-6-10(2-3-12(11)15)23-8-9(20-21-23)7-22-5-4-19-13(22)18/h2-6,8H,7H2,1H3,(H2,18,19). The molecule has 2 aromatic heterocycles. The second-order valence-corrected chi connectivity index (χ2v) is 5.12. The van der Waals surface area contributed by atoms with Crippen molar-refractivity contribution < 1.29 is 13.2 Å². The summed E-state index contributed by atoms with van der Waals surface area (Å²) in [7, 11) is 0. The lowest BCUT2D eigenvalue weighted by Gasteiger charge is -2.12. The van der Waals surface area contributed by atoms with Crippen molar-refractivity contribution in [3.05, 3.63) is 53.9 Å². The number of nitrogens with zero attached hydrogens (tertiary/aromatic N) is 5. The van der Waals surface area contributed by atoms with Gasteiger partial charge >= 0.3 is 0 Å². The van der Waals surface area contributed by atoms with Crippen molar-refractivity contribution in [2.45, 2.75) is 19.4 Å². The third-order valence-corrected chi connectivity index (χ3v) is 3.31. The Balaban J connectivity index is 1.90. The zero-order valence-electron chi connectivity index (χ0n) is 12.1. The molecule has 120 valence electrons. The Morgan fingerprint density at radius 1 is 1.30 bits per heavy atom. The smallest absolute Gasteiger partial charge is 0.273 e. The van der Waals surface area contributed by atoms with Gasteiger partial charge in [0.15, 0.2) is 5.95 Å². The van der Waals surface area contributed by atoms with Gasteiger partial charge in [-0.25, -0.2) is 22.8 Å². The molecule has 2 heterocycles. The van der Waals surface area contributed by atoms with Crippen LogP contribution < -0.4 is 5.73 Å². The third kappa shape index (κ3) is 3.03. The van der Waals surface area contributed by atoms with E-state index in [2.05, 4.69) is 15.3 Å². The molecule has 3 aromatic rings. The largest absolute Gasteiger partial charge is 0.369 e. The maximum Gasteiger partial charge on any atom is 0.273 e. The summed E-state index contributed by atoms with van der Waals surface area (Å²) in [6, 6.07) is 3.39. The van der Waals surface area contributed by atoms with E-state index in [4.69, 9.17) is 5.73 Å². The highest BCUT2D eigenvalue weighted by Crippen LogP contribution is 2.30. The number of benzene rings is 1. The van der Waals surface area contributed by atoms with Gasteiger partial charge in [-0.1, -0.05) is 5.21 Å². The molecule has 0 spiro atoms. The zero-order chi connectivity index (χ0) is 16.6. The molecule has 0 bridgehead atoms. The van der Waals surface area contributed by atoms with Crippen molar-refractivity contribution in [3.63, 3.8) is 0 Å². The predicted octanol–water partition coefficient (Wildman–Crippen LogP) is 2.35. The Morgan fingerprint density at radius 3 is 2.74 bits per heavy atom. The first kappa shape index (κ1) is 15.1. The van der Waals surface area contributed by atoms with Gasteiger partial charge < -0.3 is 10.3 Å². The van der Waals surface area contributed by atoms with Crippen LogP contribution in [0.25, 0.3) is 5.69 Å². The van der Waals surface area contributed by atoms with Gasteiger partial charge in [0.1, 0.15) is 11.5 Å².